The Labute approximate surface area is 99.5 Å². The number of ether oxygens (including phenoxy) is 2. The molecule has 2 rings (SSSR count). The number of esters is 1. The van der Waals surface area contributed by atoms with E-state index in [0.29, 0.717) is 12.2 Å². The molecule has 0 N–H and O–H groups in total. The van der Waals surface area contributed by atoms with Gasteiger partial charge in [-0.2, -0.15) is 0 Å². The average Bonchev–Trinajstić information content (AvgIpc) is 2.89. The van der Waals surface area contributed by atoms with Crippen LogP contribution >= 0.6 is 0 Å². The van der Waals surface area contributed by atoms with Crippen molar-refractivity contribution in [3.8, 4) is 0 Å². The number of rotatable bonds is 4. The third-order valence-corrected chi connectivity index (χ3v) is 2.65. The molecule has 1 fully saturated rings. The predicted octanol–water partition coefficient (Wildman–Crippen LogP) is 1.59. The first kappa shape index (κ1) is 11.8. The molecule has 1 aliphatic heterocycles. The lowest BCUT2D eigenvalue weighted by Crippen LogP contribution is -2.23. The van der Waals surface area contributed by atoms with Crippen molar-refractivity contribution >= 4 is 11.8 Å². The molecule has 0 spiro atoms. The number of benzene rings is 1. The van der Waals surface area contributed by atoms with Crippen LogP contribution in [0.4, 0.5) is 0 Å². The van der Waals surface area contributed by atoms with Gasteiger partial charge >= 0.3 is 5.97 Å². The molecule has 0 bridgehead atoms. The van der Waals surface area contributed by atoms with E-state index < -0.39 is 11.8 Å². The third-order valence-electron chi connectivity index (χ3n) is 2.65. The van der Waals surface area contributed by atoms with Crippen LogP contribution in [0.25, 0.3) is 0 Å². The minimum absolute atomic E-state index is 0.0532. The number of ketones is 1. The molecule has 1 aromatic carbocycles. The number of Topliss-reactive ketones (excluding diaryl/α,β-unsaturated/α-hetero) is 1. The molecule has 0 amide bonds. The van der Waals surface area contributed by atoms with Crippen LogP contribution in [0.3, 0.4) is 0 Å². The first-order chi connectivity index (χ1) is 8.27. The molecular weight excluding hydrogens is 220 g/mol. The van der Waals surface area contributed by atoms with E-state index in [4.69, 9.17) is 9.47 Å². The van der Waals surface area contributed by atoms with Crippen molar-refractivity contribution in [2.75, 3.05) is 13.2 Å². The Balaban J connectivity index is 1.85. The lowest BCUT2D eigenvalue weighted by molar-refractivity contribution is -0.141. The monoisotopic (exact) mass is 234 g/mol. The summed E-state index contributed by atoms with van der Waals surface area (Å²) in [6.45, 7) is 0.867. The average molecular weight is 234 g/mol. The van der Waals surface area contributed by atoms with Gasteiger partial charge in [-0.15, -0.1) is 0 Å². The second-order valence-corrected chi connectivity index (χ2v) is 3.93. The Morgan fingerprint density at radius 2 is 2.06 bits per heavy atom. The van der Waals surface area contributed by atoms with Crippen LogP contribution < -0.4 is 0 Å². The second kappa shape index (κ2) is 5.59. The SMILES string of the molecule is O=C(OCC1CCCO1)C(=O)c1ccccc1. The Morgan fingerprint density at radius 3 is 2.71 bits per heavy atom. The van der Waals surface area contributed by atoms with E-state index in [-0.39, 0.29) is 12.7 Å². The van der Waals surface area contributed by atoms with Crippen LogP contribution in [0.1, 0.15) is 23.2 Å². The summed E-state index contributed by atoms with van der Waals surface area (Å²) < 4.78 is 10.2. The van der Waals surface area contributed by atoms with E-state index in [2.05, 4.69) is 0 Å². The van der Waals surface area contributed by atoms with Crippen molar-refractivity contribution in [3.63, 3.8) is 0 Å². The van der Waals surface area contributed by atoms with Crippen molar-refractivity contribution in [2.45, 2.75) is 18.9 Å². The summed E-state index contributed by atoms with van der Waals surface area (Å²) in [5, 5.41) is 0. The van der Waals surface area contributed by atoms with E-state index in [1.807, 2.05) is 0 Å². The zero-order chi connectivity index (χ0) is 12.1. The van der Waals surface area contributed by atoms with Crippen LogP contribution in [0.5, 0.6) is 0 Å². The molecule has 1 aromatic rings. The minimum atomic E-state index is -0.813. The Hall–Kier alpha value is -1.68. The van der Waals surface area contributed by atoms with Crippen LogP contribution in [0, 0.1) is 0 Å². The molecule has 1 atom stereocenters. The molecule has 1 heterocycles. The molecule has 0 saturated carbocycles. The van der Waals surface area contributed by atoms with E-state index in [1.165, 1.54) is 0 Å². The quantitative estimate of drug-likeness (QED) is 0.451. The van der Waals surface area contributed by atoms with Crippen LogP contribution in [0.15, 0.2) is 30.3 Å². The standard InChI is InChI=1S/C13H14O4/c14-12(10-5-2-1-3-6-10)13(15)17-9-11-7-4-8-16-11/h1-3,5-6,11H,4,7-9H2. The topological polar surface area (TPSA) is 52.6 Å². The Bertz CT molecular complexity index is 393. The van der Waals surface area contributed by atoms with Gasteiger partial charge in [0.1, 0.15) is 6.61 Å². The Kier molecular flexibility index (Phi) is 3.88. The lowest BCUT2D eigenvalue weighted by atomic mass is 10.1. The molecule has 0 aliphatic carbocycles. The smallest absolute Gasteiger partial charge is 0.379 e. The summed E-state index contributed by atoms with van der Waals surface area (Å²) in [5.74, 6) is -1.42. The van der Waals surface area contributed by atoms with E-state index in [0.717, 1.165) is 12.8 Å². The zero-order valence-corrected chi connectivity index (χ0v) is 9.43. The van der Waals surface area contributed by atoms with Crippen LogP contribution in [0.2, 0.25) is 0 Å². The van der Waals surface area contributed by atoms with Crippen molar-refractivity contribution in [1.29, 1.82) is 0 Å². The highest BCUT2D eigenvalue weighted by Crippen LogP contribution is 2.12. The van der Waals surface area contributed by atoms with Crippen molar-refractivity contribution in [2.24, 2.45) is 0 Å². The maximum Gasteiger partial charge on any atom is 0.379 e. The first-order valence-electron chi connectivity index (χ1n) is 5.65. The van der Waals surface area contributed by atoms with E-state index in [1.54, 1.807) is 30.3 Å². The van der Waals surface area contributed by atoms with Gasteiger partial charge in [0, 0.05) is 12.2 Å². The van der Waals surface area contributed by atoms with Crippen molar-refractivity contribution in [3.05, 3.63) is 35.9 Å². The Morgan fingerprint density at radius 1 is 1.29 bits per heavy atom. The number of hydrogen-bond donors (Lipinski definition) is 0. The minimum Gasteiger partial charge on any atom is -0.457 e. The molecular formula is C13H14O4. The van der Waals surface area contributed by atoms with Gasteiger partial charge in [0.2, 0.25) is 0 Å². The molecule has 0 radical (unpaired) electrons. The molecule has 0 aromatic heterocycles. The molecule has 1 aliphatic rings. The lowest BCUT2D eigenvalue weighted by Gasteiger charge is -2.09. The van der Waals surface area contributed by atoms with Gasteiger partial charge < -0.3 is 9.47 Å². The summed E-state index contributed by atoms with van der Waals surface area (Å²) in [7, 11) is 0. The summed E-state index contributed by atoms with van der Waals surface area (Å²) in [5.41, 5.74) is 0.352. The van der Waals surface area contributed by atoms with Gasteiger partial charge in [0.25, 0.3) is 5.78 Å². The van der Waals surface area contributed by atoms with Crippen LogP contribution in [-0.4, -0.2) is 31.1 Å². The zero-order valence-electron chi connectivity index (χ0n) is 9.43. The summed E-state index contributed by atoms with van der Waals surface area (Å²) in [6.07, 6.45) is 1.81. The number of carbonyl (C=O) groups excluding carboxylic acids is 2. The normalized spacial score (nSPS) is 18.9. The molecule has 4 heteroatoms. The summed E-state index contributed by atoms with van der Waals surface area (Å²) >= 11 is 0. The first-order valence-corrected chi connectivity index (χ1v) is 5.65. The maximum absolute atomic E-state index is 11.6. The highest BCUT2D eigenvalue weighted by atomic mass is 16.6. The fourth-order valence-corrected chi connectivity index (χ4v) is 1.72. The highest BCUT2D eigenvalue weighted by Gasteiger charge is 2.21. The van der Waals surface area contributed by atoms with Crippen LogP contribution in [-0.2, 0) is 14.3 Å². The van der Waals surface area contributed by atoms with Gasteiger partial charge in [-0.3, -0.25) is 4.79 Å². The fraction of sp³-hybridized carbons (Fsp3) is 0.385. The molecule has 90 valence electrons. The summed E-state index contributed by atoms with van der Waals surface area (Å²) in [4.78, 5) is 23.1. The molecule has 17 heavy (non-hydrogen) atoms. The molecule has 1 unspecified atom stereocenters. The molecule has 4 nitrogen and oxygen atoms in total. The maximum atomic E-state index is 11.6. The highest BCUT2D eigenvalue weighted by molar-refractivity contribution is 6.40. The van der Waals surface area contributed by atoms with E-state index >= 15 is 0 Å². The molecule has 1 saturated heterocycles. The van der Waals surface area contributed by atoms with Crippen molar-refractivity contribution < 1.29 is 19.1 Å². The van der Waals surface area contributed by atoms with Gasteiger partial charge in [-0.05, 0) is 12.8 Å². The van der Waals surface area contributed by atoms with Gasteiger partial charge in [-0.1, -0.05) is 30.3 Å². The fourth-order valence-electron chi connectivity index (χ4n) is 1.72. The predicted molar refractivity (Wildman–Crippen MR) is 60.7 cm³/mol. The largest absolute Gasteiger partial charge is 0.457 e. The number of carbonyl (C=O) groups is 2. The van der Waals surface area contributed by atoms with Crippen molar-refractivity contribution in [1.82, 2.24) is 0 Å². The third kappa shape index (κ3) is 3.14. The van der Waals surface area contributed by atoms with E-state index in [9.17, 15) is 9.59 Å². The second-order valence-electron chi connectivity index (χ2n) is 3.93. The summed E-state index contributed by atoms with van der Waals surface area (Å²) in [6, 6.07) is 8.39. The van der Waals surface area contributed by atoms with Gasteiger partial charge in [-0.25, -0.2) is 4.79 Å². The van der Waals surface area contributed by atoms with Gasteiger partial charge in [0.05, 0.1) is 6.10 Å². The number of hydrogen-bond acceptors (Lipinski definition) is 4. The van der Waals surface area contributed by atoms with Gasteiger partial charge in [0.15, 0.2) is 0 Å².